The van der Waals surface area contributed by atoms with E-state index in [0.717, 1.165) is 27.6 Å². The van der Waals surface area contributed by atoms with Gasteiger partial charge in [0.05, 0.1) is 0 Å². The fraction of sp³-hybridized carbons (Fsp3) is 0.316. The van der Waals surface area contributed by atoms with Gasteiger partial charge in [-0.1, -0.05) is 72.6 Å². The van der Waals surface area contributed by atoms with Gasteiger partial charge in [0, 0.05) is 15.6 Å². The number of halogens is 1. The number of rotatable bonds is 4. The van der Waals surface area contributed by atoms with Crippen molar-refractivity contribution in [1.82, 2.24) is 0 Å². The molecule has 0 amide bonds. The number of benzene rings is 2. The van der Waals surface area contributed by atoms with Gasteiger partial charge in [0.1, 0.15) is 0 Å². The first-order chi connectivity index (χ1) is 9.85. The Hall–Kier alpha value is -1.41. The molecular weight excluding hydrogens is 324 g/mol. The Labute approximate surface area is 135 Å². The molecule has 2 heteroatoms. The Kier molecular flexibility index (Phi) is 4.67. The molecule has 21 heavy (non-hydrogen) atoms. The number of hydrogen-bond acceptors (Lipinski definition) is 1. The second-order valence-corrected chi connectivity index (χ2v) is 6.98. The summed E-state index contributed by atoms with van der Waals surface area (Å²) in [6.45, 7) is 8.63. The Morgan fingerprint density at radius 2 is 1.71 bits per heavy atom. The van der Waals surface area contributed by atoms with Crippen LogP contribution in [-0.2, 0) is 5.41 Å². The minimum absolute atomic E-state index is 0.0615. The van der Waals surface area contributed by atoms with Crippen LogP contribution < -0.4 is 0 Å². The first-order valence-electron chi connectivity index (χ1n) is 7.26. The Balaban J connectivity index is 2.35. The molecular formula is C19H21BrO. The smallest absolute Gasteiger partial charge is 0.194 e. The van der Waals surface area contributed by atoms with Gasteiger partial charge in [0.2, 0.25) is 0 Å². The minimum atomic E-state index is 0.0615. The fourth-order valence-corrected chi connectivity index (χ4v) is 2.67. The van der Waals surface area contributed by atoms with E-state index in [1.807, 2.05) is 37.3 Å². The molecule has 2 aromatic rings. The normalized spacial score (nSPS) is 11.5. The third kappa shape index (κ3) is 3.44. The van der Waals surface area contributed by atoms with Gasteiger partial charge in [-0.25, -0.2) is 0 Å². The van der Waals surface area contributed by atoms with Crippen molar-refractivity contribution in [3.63, 3.8) is 0 Å². The number of aryl methyl sites for hydroxylation is 1. The van der Waals surface area contributed by atoms with Gasteiger partial charge in [-0.15, -0.1) is 0 Å². The van der Waals surface area contributed by atoms with Crippen molar-refractivity contribution in [2.45, 2.75) is 39.5 Å². The zero-order valence-electron chi connectivity index (χ0n) is 13.0. The summed E-state index contributed by atoms with van der Waals surface area (Å²) < 4.78 is 0.844. The highest BCUT2D eigenvalue weighted by Crippen LogP contribution is 2.28. The first kappa shape index (κ1) is 16.0. The quantitative estimate of drug-likeness (QED) is 0.652. The average Bonchev–Trinajstić information content (AvgIpc) is 2.49. The minimum Gasteiger partial charge on any atom is -0.289 e. The first-order valence-corrected chi connectivity index (χ1v) is 8.06. The van der Waals surface area contributed by atoms with E-state index in [0.29, 0.717) is 0 Å². The van der Waals surface area contributed by atoms with Crippen molar-refractivity contribution in [2.24, 2.45) is 0 Å². The molecule has 0 saturated carbocycles. The number of hydrogen-bond donors (Lipinski definition) is 0. The molecule has 2 aromatic carbocycles. The van der Waals surface area contributed by atoms with E-state index >= 15 is 0 Å². The summed E-state index contributed by atoms with van der Waals surface area (Å²) in [5.74, 6) is 0.0615. The second-order valence-electron chi connectivity index (χ2n) is 6.13. The maximum absolute atomic E-state index is 12.6. The molecule has 0 bridgehead atoms. The lowest BCUT2D eigenvalue weighted by atomic mass is 9.82. The lowest BCUT2D eigenvalue weighted by molar-refractivity contribution is 0.103. The molecule has 0 aliphatic heterocycles. The van der Waals surface area contributed by atoms with Crippen molar-refractivity contribution in [3.05, 3.63) is 69.2 Å². The predicted octanol–water partition coefficient (Wildman–Crippen LogP) is 5.68. The molecule has 0 radical (unpaired) electrons. The van der Waals surface area contributed by atoms with Gasteiger partial charge in [-0.2, -0.15) is 0 Å². The van der Waals surface area contributed by atoms with Crippen LogP contribution in [0, 0.1) is 6.92 Å². The third-order valence-corrected chi connectivity index (χ3v) is 4.87. The van der Waals surface area contributed by atoms with Crippen LogP contribution in [-0.4, -0.2) is 5.78 Å². The van der Waals surface area contributed by atoms with Gasteiger partial charge < -0.3 is 0 Å². The van der Waals surface area contributed by atoms with Crippen LogP contribution in [0.5, 0.6) is 0 Å². The maximum atomic E-state index is 12.6. The standard InChI is InChI=1S/C19H21BrO/c1-5-19(3,4)15-9-7-14(8-10-15)18(21)16-12-13(2)6-11-17(16)20/h6-12H,5H2,1-4H3. The van der Waals surface area contributed by atoms with Crippen LogP contribution in [0.25, 0.3) is 0 Å². The zero-order chi connectivity index (χ0) is 15.6. The van der Waals surface area contributed by atoms with Crippen LogP contribution in [0.15, 0.2) is 46.9 Å². The van der Waals surface area contributed by atoms with Crippen molar-refractivity contribution < 1.29 is 4.79 Å². The summed E-state index contributed by atoms with van der Waals surface area (Å²) in [5, 5.41) is 0. The molecule has 0 unspecified atom stereocenters. The number of carbonyl (C=O) groups is 1. The molecule has 1 nitrogen and oxygen atoms in total. The van der Waals surface area contributed by atoms with Crippen LogP contribution >= 0.6 is 15.9 Å². The number of carbonyl (C=O) groups excluding carboxylic acids is 1. The molecule has 0 atom stereocenters. The van der Waals surface area contributed by atoms with E-state index in [1.165, 1.54) is 5.56 Å². The summed E-state index contributed by atoms with van der Waals surface area (Å²) in [4.78, 5) is 12.6. The van der Waals surface area contributed by atoms with Gasteiger partial charge in [-0.3, -0.25) is 4.79 Å². The van der Waals surface area contributed by atoms with E-state index in [-0.39, 0.29) is 11.2 Å². The molecule has 0 heterocycles. The molecule has 0 aliphatic carbocycles. The van der Waals surface area contributed by atoms with Crippen LogP contribution in [0.1, 0.15) is 54.2 Å². The van der Waals surface area contributed by atoms with E-state index < -0.39 is 0 Å². The van der Waals surface area contributed by atoms with Gasteiger partial charge in [0.25, 0.3) is 0 Å². The average molecular weight is 345 g/mol. The monoisotopic (exact) mass is 344 g/mol. The Morgan fingerprint density at radius 3 is 2.29 bits per heavy atom. The highest BCUT2D eigenvalue weighted by atomic mass is 79.9. The van der Waals surface area contributed by atoms with Gasteiger partial charge in [-0.05, 0) is 36.5 Å². The molecule has 0 saturated heterocycles. The van der Waals surface area contributed by atoms with Crippen LogP contribution in [0.2, 0.25) is 0 Å². The Morgan fingerprint density at radius 1 is 1.10 bits per heavy atom. The molecule has 0 fully saturated rings. The lowest BCUT2D eigenvalue weighted by Gasteiger charge is -2.23. The lowest BCUT2D eigenvalue weighted by Crippen LogP contribution is -2.15. The molecule has 110 valence electrons. The molecule has 2 rings (SSSR count). The summed E-state index contributed by atoms with van der Waals surface area (Å²) in [5.41, 5.74) is 3.95. The number of ketones is 1. The zero-order valence-corrected chi connectivity index (χ0v) is 14.6. The van der Waals surface area contributed by atoms with Gasteiger partial charge in [0.15, 0.2) is 5.78 Å². The summed E-state index contributed by atoms with van der Waals surface area (Å²) in [6.07, 6.45) is 1.07. The van der Waals surface area contributed by atoms with Gasteiger partial charge >= 0.3 is 0 Å². The molecule has 0 aliphatic rings. The van der Waals surface area contributed by atoms with Crippen LogP contribution in [0.3, 0.4) is 0 Å². The third-order valence-electron chi connectivity index (χ3n) is 4.18. The van der Waals surface area contributed by atoms with E-state index in [2.05, 4.69) is 48.8 Å². The largest absolute Gasteiger partial charge is 0.289 e. The SMILES string of the molecule is CCC(C)(C)c1ccc(C(=O)c2cc(C)ccc2Br)cc1. The highest BCUT2D eigenvalue weighted by molar-refractivity contribution is 9.10. The Bertz CT molecular complexity index is 654. The summed E-state index contributed by atoms with van der Waals surface area (Å²) >= 11 is 3.46. The van der Waals surface area contributed by atoms with Crippen molar-refractivity contribution in [1.29, 1.82) is 0 Å². The van der Waals surface area contributed by atoms with E-state index in [4.69, 9.17) is 0 Å². The maximum Gasteiger partial charge on any atom is 0.194 e. The second kappa shape index (κ2) is 6.15. The van der Waals surface area contributed by atoms with E-state index in [9.17, 15) is 4.79 Å². The highest BCUT2D eigenvalue weighted by Gasteiger charge is 2.19. The van der Waals surface area contributed by atoms with Crippen molar-refractivity contribution in [3.8, 4) is 0 Å². The van der Waals surface area contributed by atoms with Crippen molar-refractivity contribution >= 4 is 21.7 Å². The predicted molar refractivity (Wildman–Crippen MR) is 92.1 cm³/mol. The molecule has 0 N–H and O–H groups in total. The molecule has 0 aromatic heterocycles. The summed E-state index contributed by atoms with van der Waals surface area (Å²) in [6, 6.07) is 13.9. The van der Waals surface area contributed by atoms with Crippen molar-refractivity contribution in [2.75, 3.05) is 0 Å². The molecule has 0 spiro atoms. The van der Waals surface area contributed by atoms with Crippen LogP contribution in [0.4, 0.5) is 0 Å². The fourth-order valence-electron chi connectivity index (χ4n) is 2.25. The topological polar surface area (TPSA) is 17.1 Å². The van der Waals surface area contributed by atoms with E-state index in [1.54, 1.807) is 0 Å². The summed E-state index contributed by atoms with van der Waals surface area (Å²) in [7, 11) is 0.